The van der Waals surface area contributed by atoms with Crippen molar-refractivity contribution in [3.63, 3.8) is 0 Å². The van der Waals surface area contributed by atoms with Gasteiger partial charge in [0.25, 0.3) is 0 Å². The van der Waals surface area contributed by atoms with Crippen LogP contribution in [0.1, 0.15) is 23.2 Å². The van der Waals surface area contributed by atoms with Crippen LogP contribution >= 0.6 is 24.0 Å². The van der Waals surface area contributed by atoms with Crippen LogP contribution in [0.5, 0.6) is 0 Å². The van der Waals surface area contributed by atoms with Gasteiger partial charge in [-0.3, -0.25) is 4.79 Å². The molecule has 1 heterocycles. The van der Waals surface area contributed by atoms with Crippen molar-refractivity contribution in [3.8, 4) is 0 Å². The summed E-state index contributed by atoms with van der Waals surface area (Å²) in [5.41, 5.74) is 0.124. The van der Waals surface area contributed by atoms with Gasteiger partial charge in [-0.05, 0) is 44.1 Å². The van der Waals surface area contributed by atoms with Gasteiger partial charge in [-0.25, -0.2) is 4.39 Å². The van der Waals surface area contributed by atoms with Crippen LogP contribution in [-0.4, -0.2) is 18.9 Å². The molecule has 5 heteroatoms. The Kier molecular flexibility index (Phi) is 5.37. The third kappa shape index (κ3) is 3.41. The third-order valence-corrected chi connectivity index (χ3v) is 3.14. The summed E-state index contributed by atoms with van der Waals surface area (Å²) in [6.45, 7) is 1.64. The first kappa shape index (κ1) is 14.4. The van der Waals surface area contributed by atoms with Gasteiger partial charge in [0.2, 0.25) is 0 Å². The average Bonchev–Trinajstić information content (AvgIpc) is 2.32. The molecule has 0 unspecified atom stereocenters. The molecule has 0 aliphatic carbocycles. The normalized spacial score (nSPS) is 16.4. The van der Waals surface area contributed by atoms with Gasteiger partial charge in [0.1, 0.15) is 5.82 Å². The molecule has 1 aromatic carbocycles. The topological polar surface area (TPSA) is 29.1 Å². The Morgan fingerprint density at radius 1 is 1.35 bits per heavy atom. The summed E-state index contributed by atoms with van der Waals surface area (Å²) < 4.78 is 13.5. The summed E-state index contributed by atoms with van der Waals surface area (Å²) in [6.07, 6.45) is 1.54. The van der Waals surface area contributed by atoms with Crippen LogP contribution in [0.15, 0.2) is 18.2 Å². The van der Waals surface area contributed by atoms with Crippen molar-refractivity contribution in [3.05, 3.63) is 34.6 Å². The number of carbonyl (C=O) groups is 1. The number of nitrogens with one attached hydrogen (secondary N) is 1. The van der Waals surface area contributed by atoms with E-state index >= 15 is 0 Å². The molecule has 1 saturated heterocycles. The monoisotopic (exact) mass is 277 g/mol. The van der Waals surface area contributed by atoms with Gasteiger partial charge in [0.05, 0.1) is 5.56 Å². The highest BCUT2D eigenvalue weighted by molar-refractivity contribution is 6.31. The number of Topliss-reactive ketones (excluding diaryl/α,β-unsaturated/α-hetero) is 1. The van der Waals surface area contributed by atoms with E-state index in [4.69, 9.17) is 11.6 Å². The van der Waals surface area contributed by atoms with Crippen molar-refractivity contribution in [2.75, 3.05) is 13.1 Å². The summed E-state index contributed by atoms with van der Waals surface area (Å²) >= 11 is 5.77. The Bertz CT molecular complexity index is 405. The summed E-state index contributed by atoms with van der Waals surface area (Å²) in [5.74, 6) is -0.677. The van der Waals surface area contributed by atoms with Crippen LogP contribution in [-0.2, 0) is 0 Å². The quantitative estimate of drug-likeness (QED) is 0.842. The van der Waals surface area contributed by atoms with E-state index in [9.17, 15) is 9.18 Å². The SMILES string of the molecule is Cl.O=C(c1cc(Cl)ccc1F)C1CCNCC1. The first-order valence-corrected chi connectivity index (χ1v) is 5.76. The molecule has 0 radical (unpaired) electrons. The molecule has 1 aromatic rings. The van der Waals surface area contributed by atoms with Crippen LogP contribution in [0, 0.1) is 11.7 Å². The molecule has 94 valence electrons. The zero-order chi connectivity index (χ0) is 11.5. The predicted molar refractivity (Wildman–Crippen MR) is 68.6 cm³/mol. The average molecular weight is 278 g/mol. The lowest BCUT2D eigenvalue weighted by molar-refractivity contribution is 0.0891. The lowest BCUT2D eigenvalue weighted by Gasteiger charge is -2.21. The van der Waals surface area contributed by atoms with Crippen LogP contribution in [0.2, 0.25) is 5.02 Å². The maximum atomic E-state index is 13.5. The Hall–Kier alpha value is -0.640. The number of piperidine rings is 1. The van der Waals surface area contributed by atoms with Crippen molar-refractivity contribution in [1.82, 2.24) is 5.32 Å². The van der Waals surface area contributed by atoms with Crippen LogP contribution in [0.4, 0.5) is 4.39 Å². The van der Waals surface area contributed by atoms with Crippen molar-refractivity contribution in [1.29, 1.82) is 0 Å². The van der Waals surface area contributed by atoms with E-state index < -0.39 is 5.82 Å². The first-order chi connectivity index (χ1) is 7.68. The highest BCUT2D eigenvalue weighted by Crippen LogP contribution is 2.22. The number of hydrogen-bond donors (Lipinski definition) is 1. The minimum Gasteiger partial charge on any atom is -0.317 e. The van der Waals surface area contributed by atoms with Gasteiger partial charge < -0.3 is 5.32 Å². The van der Waals surface area contributed by atoms with E-state index in [1.807, 2.05) is 0 Å². The fourth-order valence-corrected chi connectivity index (χ4v) is 2.16. The number of ketones is 1. The van der Waals surface area contributed by atoms with Crippen molar-refractivity contribution in [2.45, 2.75) is 12.8 Å². The summed E-state index contributed by atoms with van der Waals surface area (Å²) in [7, 11) is 0. The van der Waals surface area contributed by atoms with Crippen LogP contribution < -0.4 is 5.32 Å². The number of halogens is 3. The molecular formula is C12H14Cl2FNO. The first-order valence-electron chi connectivity index (χ1n) is 5.38. The summed E-state index contributed by atoms with van der Waals surface area (Å²) in [4.78, 5) is 12.0. The third-order valence-electron chi connectivity index (χ3n) is 2.90. The van der Waals surface area contributed by atoms with Gasteiger partial charge in [-0.2, -0.15) is 0 Å². The molecule has 0 saturated carbocycles. The second-order valence-electron chi connectivity index (χ2n) is 4.01. The molecule has 1 N–H and O–H groups in total. The van der Waals surface area contributed by atoms with Gasteiger partial charge in [-0.15, -0.1) is 12.4 Å². The zero-order valence-electron chi connectivity index (χ0n) is 9.21. The minimum absolute atomic E-state index is 0. The zero-order valence-corrected chi connectivity index (χ0v) is 10.8. The molecular weight excluding hydrogens is 264 g/mol. The van der Waals surface area contributed by atoms with Crippen LogP contribution in [0.3, 0.4) is 0 Å². The van der Waals surface area contributed by atoms with Crippen molar-refractivity contribution in [2.24, 2.45) is 5.92 Å². The highest BCUT2D eigenvalue weighted by atomic mass is 35.5. The van der Waals surface area contributed by atoms with E-state index in [0.29, 0.717) is 5.02 Å². The molecule has 2 nitrogen and oxygen atoms in total. The van der Waals surface area contributed by atoms with E-state index in [2.05, 4.69) is 5.32 Å². The van der Waals surface area contributed by atoms with Gasteiger partial charge >= 0.3 is 0 Å². The second-order valence-corrected chi connectivity index (χ2v) is 4.45. The van der Waals surface area contributed by atoms with Crippen LogP contribution in [0.25, 0.3) is 0 Å². The van der Waals surface area contributed by atoms with Crippen molar-refractivity contribution >= 4 is 29.8 Å². The molecule has 0 aromatic heterocycles. The lowest BCUT2D eigenvalue weighted by atomic mass is 9.89. The fraction of sp³-hybridized carbons (Fsp3) is 0.417. The Labute approximate surface area is 111 Å². The predicted octanol–water partition coefficient (Wildman–Crippen LogP) is 3.08. The number of rotatable bonds is 2. The molecule has 0 atom stereocenters. The van der Waals surface area contributed by atoms with Gasteiger partial charge in [0.15, 0.2) is 5.78 Å². The smallest absolute Gasteiger partial charge is 0.169 e. The maximum absolute atomic E-state index is 13.5. The fourth-order valence-electron chi connectivity index (χ4n) is 1.99. The Morgan fingerprint density at radius 3 is 2.65 bits per heavy atom. The van der Waals surface area contributed by atoms with E-state index in [1.165, 1.54) is 18.2 Å². The second kappa shape index (κ2) is 6.34. The molecule has 2 rings (SSSR count). The largest absolute Gasteiger partial charge is 0.317 e. The van der Waals surface area contributed by atoms with Crippen molar-refractivity contribution < 1.29 is 9.18 Å². The molecule has 0 amide bonds. The summed E-state index contributed by atoms with van der Waals surface area (Å²) in [6, 6.07) is 4.12. The maximum Gasteiger partial charge on any atom is 0.169 e. The molecule has 17 heavy (non-hydrogen) atoms. The van der Waals surface area contributed by atoms with E-state index in [0.717, 1.165) is 25.9 Å². The molecule has 0 spiro atoms. The Balaban J connectivity index is 0.00000144. The standard InChI is InChI=1S/C12H13ClFNO.ClH/c13-9-1-2-11(14)10(7-9)12(16)8-3-5-15-6-4-8;/h1-2,7-8,15H,3-6H2;1H. The highest BCUT2D eigenvalue weighted by Gasteiger charge is 2.24. The van der Waals surface area contributed by atoms with E-state index in [1.54, 1.807) is 0 Å². The van der Waals surface area contributed by atoms with Gasteiger partial charge in [-0.1, -0.05) is 11.6 Å². The van der Waals surface area contributed by atoms with Gasteiger partial charge in [0, 0.05) is 10.9 Å². The molecule has 1 fully saturated rings. The minimum atomic E-state index is -0.479. The molecule has 0 bridgehead atoms. The summed E-state index contributed by atoms with van der Waals surface area (Å²) in [5, 5.41) is 3.58. The number of hydrogen-bond acceptors (Lipinski definition) is 2. The van der Waals surface area contributed by atoms with E-state index in [-0.39, 0.29) is 29.7 Å². The Morgan fingerprint density at radius 2 is 2.00 bits per heavy atom. The number of carbonyl (C=O) groups excluding carboxylic acids is 1. The molecule has 1 aliphatic rings. The lowest BCUT2D eigenvalue weighted by Crippen LogP contribution is -2.32. The molecule has 1 aliphatic heterocycles. The number of benzene rings is 1.